The van der Waals surface area contributed by atoms with Gasteiger partial charge in [-0.05, 0) is 25.6 Å². The van der Waals surface area contributed by atoms with Crippen molar-refractivity contribution < 1.29 is 4.74 Å². The maximum absolute atomic E-state index is 5.56. The zero-order valence-corrected chi connectivity index (χ0v) is 11.2. The van der Waals surface area contributed by atoms with Gasteiger partial charge in [-0.25, -0.2) is 4.98 Å². The molecule has 2 atom stereocenters. The summed E-state index contributed by atoms with van der Waals surface area (Å²) in [5.41, 5.74) is 2.12. The second-order valence-electron chi connectivity index (χ2n) is 4.47. The molecular weight excluding hydrogens is 246 g/mol. The number of para-hydroxylation sites is 2. The second-order valence-corrected chi connectivity index (χ2v) is 5.70. The molecule has 0 amide bonds. The van der Waals surface area contributed by atoms with Crippen LogP contribution in [0.5, 0.6) is 0 Å². The Hall–Kier alpha value is -1.04. The van der Waals surface area contributed by atoms with Crippen molar-refractivity contribution in [3.63, 3.8) is 0 Å². The Balaban J connectivity index is 1.78. The van der Waals surface area contributed by atoms with E-state index in [1.807, 2.05) is 25.2 Å². The summed E-state index contributed by atoms with van der Waals surface area (Å²) in [5.74, 6) is 0. The zero-order chi connectivity index (χ0) is 12.4. The van der Waals surface area contributed by atoms with Gasteiger partial charge >= 0.3 is 0 Å². The van der Waals surface area contributed by atoms with Gasteiger partial charge in [-0.15, -0.1) is 0 Å². The maximum atomic E-state index is 5.56. The fourth-order valence-electron chi connectivity index (χ4n) is 2.29. The molecule has 1 saturated heterocycles. The molecule has 0 spiro atoms. The predicted octanol–water partition coefficient (Wildman–Crippen LogP) is 2.03. The Labute approximate surface area is 111 Å². The third kappa shape index (κ3) is 2.39. The van der Waals surface area contributed by atoms with E-state index in [9.17, 15) is 0 Å². The van der Waals surface area contributed by atoms with Gasteiger partial charge in [0, 0.05) is 12.6 Å². The van der Waals surface area contributed by atoms with Crippen molar-refractivity contribution in [2.75, 3.05) is 20.3 Å². The number of aromatic nitrogens is 2. The molecule has 2 N–H and O–H groups in total. The van der Waals surface area contributed by atoms with Gasteiger partial charge in [-0.2, -0.15) is 0 Å². The lowest BCUT2D eigenvalue weighted by molar-refractivity contribution is 0.0850. The molecule has 1 fully saturated rings. The third-order valence-electron chi connectivity index (χ3n) is 3.31. The van der Waals surface area contributed by atoms with Gasteiger partial charge in [0.15, 0.2) is 5.16 Å². The first-order valence-electron chi connectivity index (χ1n) is 6.23. The summed E-state index contributed by atoms with van der Waals surface area (Å²) in [6.07, 6.45) is 1.06. The molecule has 1 aliphatic rings. The molecule has 18 heavy (non-hydrogen) atoms. The van der Waals surface area contributed by atoms with E-state index in [-0.39, 0.29) is 0 Å². The number of fused-ring (bicyclic) bond motifs is 1. The number of aromatic amines is 1. The number of imidazole rings is 1. The number of nitrogens with one attached hydrogen (secondary N) is 2. The van der Waals surface area contributed by atoms with E-state index in [2.05, 4.69) is 21.4 Å². The molecule has 1 aromatic carbocycles. The first-order chi connectivity index (χ1) is 8.86. The Morgan fingerprint density at radius 2 is 2.33 bits per heavy atom. The Bertz CT molecular complexity index is 495. The first-order valence-corrected chi connectivity index (χ1v) is 7.11. The van der Waals surface area contributed by atoms with Gasteiger partial charge in [0.25, 0.3) is 0 Å². The van der Waals surface area contributed by atoms with Crippen LogP contribution in [-0.2, 0) is 4.74 Å². The molecule has 0 radical (unpaired) electrons. The Kier molecular flexibility index (Phi) is 3.54. The number of nitrogens with zero attached hydrogens (tertiary/aromatic N) is 1. The Morgan fingerprint density at radius 1 is 1.44 bits per heavy atom. The van der Waals surface area contributed by atoms with Gasteiger partial charge in [0.2, 0.25) is 0 Å². The lowest BCUT2D eigenvalue weighted by atomic mass is 10.1. The standard InChI is InChI=1S/C13H17N3OS/c1-14-11-6-7-17-8-12(11)18-13-15-9-4-2-3-5-10(9)16-13/h2-5,11-12,14H,6-8H2,1H3,(H,15,16). The summed E-state index contributed by atoms with van der Waals surface area (Å²) in [6.45, 7) is 1.63. The normalized spacial score (nSPS) is 24.5. The number of thioether (sulfide) groups is 1. The van der Waals surface area contributed by atoms with Gasteiger partial charge in [-0.3, -0.25) is 0 Å². The minimum absolute atomic E-state index is 0.421. The van der Waals surface area contributed by atoms with Crippen LogP contribution in [0, 0.1) is 0 Å². The molecule has 2 unspecified atom stereocenters. The second kappa shape index (κ2) is 5.30. The minimum atomic E-state index is 0.421. The highest BCUT2D eigenvalue weighted by Crippen LogP contribution is 2.28. The van der Waals surface area contributed by atoms with E-state index in [4.69, 9.17) is 4.74 Å². The number of hydrogen-bond donors (Lipinski definition) is 2. The van der Waals surface area contributed by atoms with E-state index < -0.39 is 0 Å². The van der Waals surface area contributed by atoms with Crippen LogP contribution >= 0.6 is 11.8 Å². The van der Waals surface area contributed by atoms with Crippen molar-refractivity contribution in [1.82, 2.24) is 15.3 Å². The summed E-state index contributed by atoms with van der Waals surface area (Å²) < 4.78 is 5.56. The van der Waals surface area contributed by atoms with Gasteiger partial charge in [0.1, 0.15) is 0 Å². The van der Waals surface area contributed by atoms with Crippen LogP contribution in [-0.4, -0.2) is 41.5 Å². The highest BCUT2D eigenvalue weighted by atomic mass is 32.2. The fraction of sp³-hybridized carbons (Fsp3) is 0.462. The number of hydrogen-bond acceptors (Lipinski definition) is 4. The monoisotopic (exact) mass is 263 g/mol. The fourth-order valence-corrected chi connectivity index (χ4v) is 3.49. The van der Waals surface area contributed by atoms with Crippen LogP contribution in [0.3, 0.4) is 0 Å². The largest absolute Gasteiger partial charge is 0.380 e. The molecule has 1 aliphatic heterocycles. The maximum Gasteiger partial charge on any atom is 0.166 e. The topological polar surface area (TPSA) is 49.9 Å². The quantitative estimate of drug-likeness (QED) is 0.889. The van der Waals surface area contributed by atoms with Crippen LogP contribution in [0.2, 0.25) is 0 Å². The summed E-state index contributed by atoms with van der Waals surface area (Å²) in [5, 5.41) is 4.76. The molecule has 4 nitrogen and oxygen atoms in total. The van der Waals surface area contributed by atoms with E-state index in [0.717, 1.165) is 35.8 Å². The molecule has 0 bridgehead atoms. The van der Waals surface area contributed by atoms with Gasteiger partial charge in [0.05, 0.1) is 22.9 Å². The number of rotatable bonds is 3. The average Bonchev–Trinajstić information content (AvgIpc) is 2.81. The molecule has 5 heteroatoms. The first kappa shape index (κ1) is 12.0. The molecule has 2 heterocycles. The van der Waals surface area contributed by atoms with Crippen molar-refractivity contribution in [2.24, 2.45) is 0 Å². The lowest BCUT2D eigenvalue weighted by Crippen LogP contribution is -2.43. The van der Waals surface area contributed by atoms with Gasteiger partial charge < -0.3 is 15.0 Å². The molecule has 1 aromatic heterocycles. The number of ether oxygens (including phenoxy) is 1. The van der Waals surface area contributed by atoms with Crippen molar-refractivity contribution >= 4 is 22.8 Å². The summed E-state index contributed by atoms with van der Waals surface area (Å²) in [6, 6.07) is 8.62. The van der Waals surface area contributed by atoms with E-state index in [0.29, 0.717) is 11.3 Å². The zero-order valence-electron chi connectivity index (χ0n) is 10.3. The van der Waals surface area contributed by atoms with Crippen LogP contribution in [0.15, 0.2) is 29.4 Å². The molecule has 0 aliphatic carbocycles. The molecule has 0 saturated carbocycles. The van der Waals surface area contributed by atoms with Crippen LogP contribution < -0.4 is 5.32 Å². The van der Waals surface area contributed by atoms with Crippen molar-refractivity contribution in [3.8, 4) is 0 Å². The molecular formula is C13H17N3OS. The van der Waals surface area contributed by atoms with E-state index in [1.165, 1.54) is 0 Å². The highest BCUT2D eigenvalue weighted by Gasteiger charge is 2.26. The summed E-state index contributed by atoms with van der Waals surface area (Å²) >= 11 is 1.77. The average molecular weight is 263 g/mol. The van der Waals surface area contributed by atoms with E-state index in [1.54, 1.807) is 11.8 Å². The van der Waals surface area contributed by atoms with Crippen LogP contribution in [0.1, 0.15) is 6.42 Å². The van der Waals surface area contributed by atoms with Crippen LogP contribution in [0.25, 0.3) is 11.0 Å². The summed E-state index contributed by atoms with van der Waals surface area (Å²) in [4.78, 5) is 7.96. The Morgan fingerprint density at radius 3 is 3.17 bits per heavy atom. The third-order valence-corrected chi connectivity index (χ3v) is 4.49. The number of H-pyrrole nitrogens is 1. The lowest BCUT2D eigenvalue weighted by Gasteiger charge is -2.29. The SMILES string of the molecule is CNC1CCOCC1Sc1nc2ccccc2[nH]1. The predicted molar refractivity (Wildman–Crippen MR) is 74.0 cm³/mol. The van der Waals surface area contributed by atoms with Crippen LogP contribution in [0.4, 0.5) is 0 Å². The van der Waals surface area contributed by atoms with E-state index >= 15 is 0 Å². The molecule has 96 valence electrons. The van der Waals surface area contributed by atoms with Crippen molar-refractivity contribution in [3.05, 3.63) is 24.3 Å². The smallest absolute Gasteiger partial charge is 0.166 e. The number of benzene rings is 1. The van der Waals surface area contributed by atoms with Gasteiger partial charge in [-0.1, -0.05) is 23.9 Å². The van der Waals surface area contributed by atoms with Crippen molar-refractivity contribution in [1.29, 1.82) is 0 Å². The summed E-state index contributed by atoms with van der Waals surface area (Å²) in [7, 11) is 2.02. The minimum Gasteiger partial charge on any atom is -0.380 e. The highest BCUT2D eigenvalue weighted by molar-refractivity contribution is 7.99. The van der Waals surface area contributed by atoms with Crippen molar-refractivity contribution in [2.45, 2.75) is 22.9 Å². The molecule has 2 aromatic rings. The molecule has 3 rings (SSSR count).